The average molecular weight is 504 g/mol. The van der Waals surface area contributed by atoms with Crippen LogP contribution < -0.4 is 17.0 Å². The van der Waals surface area contributed by atoms with Crippen molar-refractivity contribution in [2.75, 3.05) is 13.7 Å². The molecule has 11 nitrogen and oxygen atoms in total. The Balaban J connectivity index is 2.29. The van der Waals surface area contributed by atoms with E-state index in [1.165, 1.54) is 24.9 Å². The second-order valence-corrected chi connectivity index (χ2v) is 16.2. The Kier molecular flexibility index (Phi) is 6.40. The van der Waals surface area contributed by atoms with Crippen molar-refractivity contribution in [2.45, 2.75) is 69.9 Å². The monoisotopic (exact) mass is 503 g/mol. The molecule has 3 heterocycles. The lowest BCUT2D eigenvalue weighted by Gasteiger charge is -2.43. The molecule has 2 unspecified atom stereocenters. The summed E-state index contributed by atoms with van der Waals surface area (Å²) in [5.41, 5.74) is 3.65. The fourth-order valence-electron chi connectivity index (χ4n) is 3.89. The minimum Gasteiger partial charge on any atom is -0.406 e. The van der Waals surface area contributed by atoms with Gasteiger partial charge >= 0.3 is 5.69 Å². The molecule has 33 heavy (non-hydrogen) atoms. The van der Waals surface area contributed by atoms with Crippen LogP contribution >= 0.6 is 0 Å². The molecule has 0 saturated carbocycles. The van der Waals surface area contributed by atoms with Gasteiger partial charge in [0.1, 0.15) is 12.2 Å². The maximum Gasteiger partial charge on any atom is 0.332 e. The minimum absolute atomic E-state index is 0.0720. The molecule has 1 aromatic heterocycles. The summed E-state index contributed by atoms with van der Waals surface area (Å²) in [5.74, 6) is 0. The fraction of sp³-hybridized carbons (Fsp3) is 0.700. The number of aromatic nitrogens is 2. The molecule has 0 radical (unpaired) electrons. The third-order valence-corrected chi connectivity index (χ3v) is 12.2. The summed E-state index contributed by atoms with van der Waals surface area (Å²) < 4.78 is 50.9. The molecule has 2 aliphatic rings. The highest BCUT2D eigenvalue weighted by Gasteiger charge is 2.67. The molecule has 2 aliphatic heterocycles. The van der Waals surface area contributed by atoms with Gasteiger partial charge in [-0.05, 0) is 25.1 Å². The second kappa shape index (κ2) is 8.17. The van der Waals surface area contributed by atoms with Crippen molar-refractivity contribution in [3.05, 3.63) is 43.7 Å². The van der Waals surface area contributed by atoms with E-state index < -0.39 is 53.7 Å². The number of hydrogen-bond acceptors (Lipinski definition) is 9. The van der Waals surface area contributed by atoms with Crippen molar-refractivity contribution in [3.63, 3.8) is 0 Å². The third-order valence-electron chi connectivity index (χ3n) is 6.74. The molecule has 0 amide bonds. The van der Waals surface area contributed by atoms with E-state index in [0.717, 1.165) is 9.98 Å². The zero-order valence-corrected chi connectivity index (χ0v) is 22.1. The predicted molar refractivity (Wildman–Crippen MR) is 124 cm³/mol. The fourth-order valence-corrected chi connectivity index (χ4v) is 6.40. The molecule has 0 aromatic carbocycles. The Morgan fingerprint density at radius 3 is 2.36 bits per heavy atom. The summed E-state index contributed by atoms with van der Waals surface area (Å²) in [4.78, 5) is 25.4. The van der Waals surface area contributed by atoms with E-state index in [1.54, 1.807) is 6.92 Å². The van der Waals surface area contributed by atoms with Crippen LogP contribution in [0.4, 0.5) is 0 Å². The first kappa shape index (κ1) is 25.8. The molecule has 13 heteroatoms. The molecule has 186 valence electrons. The molecule has 4 atom stereocenters. The number of rotatable bonds is 5. The number of hydrogen-bond donors (Lipinski definition) is 1. The summed E-state index contributed by atoms with van der Waals surface area (Å²) >= 11 is 0. The standard InChI is InChI=1S/C20H33N3O8SSi/c1-12-9-23(18(25)22(5)16(12)24)17-15(30-33(7,8)19(2,3)4)20(14(29-17)10-28-6)13(21)11-32(26,27)31-20/h9,11,14-15,17H,10,21H2,1-8H3/t14?,15-,17+,20?/m0/s1. The first-order valence-corrected chi connectivity index (χ1v) is 14.9. The van der Waals surface area contributed by atoms with Gasteiger partial charge in [-0.3, -0.25) is 13.9 Å². The molecular formula is C20H33N3O8SSi. The van der Waals surface area contributed by atoms with Crippen LogP contribution in [0.3, 0.4) is 0 Å². The summed E-state index contributed by atoms with van der Waals surface area (Å²) in [6, 6.07) is 0. The van der Waals surface area contributed by atoms with Crippen molar-refractivity contribution >= 4 is 18.4 Å². The number of nitrogens with two attached hydrogens (primary N) is 1. The smallest absolute Gasteiger partial charge is 0.332 e. The van der Waals surface area contributed by atoms with Crippen LogP contribution in [0, 0.1) is 6.92 Å². The normalized spacial score (nSPS) is 29.6. The van der Waals surface area contributed by atoms with Crippen LogP contribution in [0.1, 0.15) is 32.6 Å². The van der Waals surface area contributed by atoms with E-state index in [0.29, 0.717) is 5.56 Å². The zero-order chi connectivity index (χ0) is 25.1. The Labute approximate surface area is 194 Å². The van der Waals surface area contributed by atoms with Gasteiger partial charge in [0.05, 0.1) is 17.7 Å². The lowest BCUT2D eigenvalue weighted by Crippen LogP contribution is -2.58. The summed E-state index contributed by atoms with van der Waals surface area (Å²) in [7, 11) is -3.92. The maximum absolute atomic E-state index is 13.1. The second-order valence-electron chi connectivity index (χ2n) is 10.1. The molecule has 3 rings (SSSR count). The van der Waals surface area contributed by atoms with Gasteiger partial charge < -0.3 is 19.6 Å². The van der Waals surface area contributed by atoms with Gasteiger partial charge in [-0.1, -0.05) is 20.8 Å². The van der Waals surface area contributed by atoms with E-state index >= 15 is 0 Å². The number of ether oxygens (including phenoxy) is 2. The number of aryl methyl sites for hydroxylation is 1. The summed E-state index contributed by atoms with van der Waals surface area (Å²) in [6.45, 7) is 11.5. The Bertz CT molecular complexity index is 1200. The lowest BCUT2D eigenvalue weighted by atomic mass is 9.89. The SMILES string of the molecule is COCC1O[C@@H](n2cc(C)c(=O)n(C)c2=O)[C@H](O[Si](C)(C)C(C)(C)C)C12OS(=O)(=O)C=C2N. The third kappa shape index (κ3) is 4.14. The Morgan fingerprint density at radius 2 is 1.88 bits per heavy atom. The Morgan fingerprint density at radius 1 is 1.27 bits per heavy atom. The Hall–Kier alpha value is -1.77. The molecular weight excluding hydrogens is 470 g/mol. The van der Waals surface area contributed by atoms with Crippen molar-refractivity contribution in [3.8, 4) is 0 Å². The van der Waals surface area contributed by atoms with Crippen molar-refractivity contribution in [1.82, 2.24) is 9.13 Å². The van der Waals surface area contributed by atoms with Gasteiger partial charge in [0.15, 0.2) is 20.1 Å². The lowest BCUT2D eigenvalue weighted by molar-refractivity contribution is -0.0671. The van der Waals surface area contributed by atoms with Gasteiger partial charge in [0.2, 0.25) is 0 Å². The topological polar surface area (TPSA) is 141 Å². The average Bonchev–Trinajstić information content (AvgIpc) is 3.09. The van der Waals surface area contributed by atoms with Gasteiger partial charge in [-0.2, -0.15) is 8.42 Å². The van der Waals surface area contributed by atoms with Crippen LogP contribution in [0.25, 0.3) is 0 Å². The van der Waals surface area contributed by atoms with E-state index in [9.17, 15) is 18.0 Å². The summed E-state index contributed by atoms with van der Waals surface area (Å²) in [6.07, 6.45) is -1.86. The van der Waals surface area contributed by atoms with Crippen molar-refractivity contribution < 1.29 is 26.5 Å². The molecule has 1 fully saturated rings. The van der Waals surface area contributed by atoms with Gasteiger partial charge in [0, 0.05) is 25.9 Å². The molecule has 1 saturated heterocycles. The van der Waals surface area contributed by atoms with Crippen molar-refractivity contribution in [1.29, 1.82) is 0 Å². The van der Waals surface area contributed by atoms with Gasteiger partial charge in [0.25, 0.3) is 15.7 Å². The van der Waals surface area contributed by atoms with Crippen LogP contribution in [0.2, 0.25) is 18.1 Å². The molecule has 1 aromatic rings. The van der Waals surface area contributed by atoms with Gasteiger partial charge in [-0.25, -0.2) is 8.98 Å². The van der Waals surface area contributed by atoms with E-state index in [1.807, 2.05) is 33.9 Å². The van der Waals surface area contributed by atoms with E-state index in [4.69, 9.17) is 23.8 Å². The number of methoxy groups -OCH3 is 1. The maximum atomic E-state index is 13.1. The molecule has 0 aliphatic carbocycles. The van der Waals surface area contributed by atoms with Crippen LogP contribution in [-0.4, -0.2) is 57.4 Å². The number of nitrogens with zero attached hydrogens (tertiary/aromatic N) is 2. The molecule has 0 bridgehead atoms. The molecule has 1 spiro atoms. The highest BCUT2D eigenvalue weighted by atomic mass is 32.2. The zero-order valence-electron chi connectivity index (χ0n) is 20.2. The summed E-state index contributed by atoms with van der Waals surface area (Å²) in [5, 5.41) is 0.580. The predicted octanol–water partition coefficient (Wildman–Crippen LogP) is 0.689. The highest BCUT2D eigenvalue weighted by Crippen LogP contribution is 2.51. The molecule has 2 N–H and O–H groups in total. The van der Waals surface area contributed by atoms with Crippen LogP contribution in [0.15, 0.2) is 26.9 Å². The van der Waals surface area contributed by atoms with E-state index in [-0.39, 0.29) is 17.3 Å². The van der Waals surface area contributed by atoms with Crippen LogP contribution in [-0.2, 0) is 35.2 Å². The van der Waals surface area contributed by atoms with E-state index in [2.05, 4.69) is 0 Å². The largest absolute Gasteiger partial charge is 0.406 e. The highest BCUT2D eigenvalue weighted by molar-refractivity contribution is 7.90. The van der Waals surface area contributed by atoms with Crippen LogP contribution in [0.5, 0.6) is 0 Å². The quantitative estimate of drug-likeness (QED) is 0.454. The first-order valence-electron chi connectivity index (χ1n) is 10.5. The minimum atomic E-state index is -4.13. The first-order chi connectivity index (χ1) is 15.0. The van der Waals surface area contributed by atoms with Crippen molar-refractivity contribution in [2.24, 2.45) is 12.8 Å². The van der Waals surface area contributed by atoms with Gasteiger partial charge in [-0.15, -0.1) is 0 Å².